The van der Waals surface area contributed by atoms with Gasteiger partial charge in [-0.05, 0) is 95.1 Å². The monoisotopic (exact) mass is 578 g/mol. The smallest absolute Gasteiger partial charge is 0.410 e. The van der Waals surface area contributed by atoms with Crippen molar-refractivity contribution in [2.24, 2.45) is 10.8 Å². The number of likely N-dealkylation sites (tertiary alicyclic amines) is 1. The summed E-state index contributed by atoms with van der Waals surface area (Å²) in [5.41, 5.74) is 0.0851. The molecule has 0 aromatic heterocycles. The van der Waals surface area contributed by atoms with Crippen molar-refractivity contribution in [1.82, 2.24) is 10.2 Å². The van der Waals surface area contributed by atoms with Crippen LogP contribution in [-0.2, 0) is 23.9 Å². The zero-order valence-electron chi connectivity index (χ0n) is 24.8. The summed E-state index contributed by atoms with van der Waals surface area (Å²) in [4.78, 5) is 67.6. The first-order valence-electron chi connectivity index (χ1n) is 15.1. The van der Waals surface area contributed by atoms with E-state index in [0.29, 0.717) is 43.6 Å². The first-order chi connectivity index (χ1) is 19.9. The maximum absolute atomic E-state index is 13.8. The quantitative estimate of drug-likeness (QED) is 0.344. The zero-order valence-corrected chi connectivity index (χ0v) is 24.8. The Morgan fingerprint density at radius 1 is 0.976 bits per heavy atom. The molecule has 4 aliphatic rings. The number of allylic oxidation sites excluding steroid dienone is 1. The van der Waals surface area contributed by atoms with Crippen molar-refractivity contribution >= 4 is 41.0 Å². The fourth-order valence-corrected chi connectivity index (χ4v) is 6.81. The van der Waals surface area contributed by atoms with Gasteiger partial charge in [0.2, 0.25) is 17.6 Å². The largest absolute Gasteiger partial charge is 0.444 e. The van der Waals surface area contributed by atoms with Crippen LogP contribution in [-0.4, -0.2) is 58.7 Å². The van der Waals surface area contributed by atoms with Gasteiger partial charge in [-0.25, -0.2) is 4.79 Å². The summed E-state index contributed by atoms with van der Waals surface area (Å²) in [6.45, 7) is 5.84. The average Bonchev–Trinajstić information content (AvgIpc) is 3.40. The van der Waals surface area contributed by atoms with Crippen molar-refractivity contribution in [3.63, 3.8) is 0 Å². The Morgan fingerprint density at radius 3 is 2.33 bits per heavy atom. The second kappa shape index (κ2) is 11.5. The highest BCUT2D eigenvalue weighted by Gasteiger charge is 2.73. The van der Waals surface area contributed by atoms with E-state index in [-0.39, 0.29) is 23.2 Å². The first-order valence-corrected chi connectivity index (χ1v) is 15.1. The summed E-state index contributed by atoms with van der Waals surface area (Å²) in [5.74, 6) is -2.32. The Kier molecular flexibility index (Phi) is 8.18. The number of hydrogen-bond acceptors (Lipinski definition) is 6. The van der Waals surface area contributed by atoms with E-state index in [4.69, 9.17) is 4.74 Å². The molecule has 42 heavy (non-hydrogen) atoms. The van der Waals surface area contributed by atoms with Gasteiger partial charge in [0, 0.05) is 13.0 Å². The fraction of sp³-hybridized carbons (Fsp3) is 0.594. The van der Waals surface area contributed by atoms with Crippen molar-refractivity contribution < 1.29 is 28.7 Å². The highest BCUT2D eigenvalue weighted by molar-refractivity contribution is 6.43. The molecule has 2 aliphatic carbocycles. The lowest BCUT2D eigenvalue weighted by molar-refractivity contribution is -0.137. The molecule has 1 aromatic rings. The molecule has 10 nitrogen and oxygen atoms in total. The number of benzene rings is 1. The minimum Gasteiger partial charge on any atom is -0.444 e. The molecule has 0 unspecified atom stereocenters. The van der Waals surface area contributed by atoms with Crippen LogP contribution >= 0.6 is 0 Å². The zero-order chi connectivity index (χ0) is 30.1. The number of amides is 4. The van der Waals surface area contributed by atoms with E-state index >= 15 is 0 Å². The number of hydrogen-bond donors (Lipinski definition) is 3. The molecule has 0 bridgehead atoms. The van der Waals surface area contributed by atoms with Gasteiger partial charge in [-0.3, -0.25) is 24.1 Å². The van der Waals surface area contributed by atoms with Crippen molar-refractivity contribution in [3.8, 4) is 0 Å². The molecule has 3 atom stereocenters. The Morgan fingerprint density at radius 2 is 1.69 bits per heavy atom. The van der Waals surface area contributed by atoms with Gasteiger partial charge in [-0.1, -0.05) is 30.7 Å². The van der Waals surface area contributed by atoms with Crippen LogP contribution in [0, 0.1) is 10.8 Å². The molecule has 10 heteroatoms. The van der Waals surface area contributed by atoms with Gasteiger partial charge in [0.05, 0.1) is 11.4 Å². The number of ketones is 1. The van der Waals surface area contributed by atoms with Crippen LogP contribution in [0.2, 0.25) is 0 Å². The maximum Gasteiger partial charge on any atom is 0.410 e. The molecule has 5 rings (SSSR count). The van der Waals surface area contributed by atoms with Gasteiger partial charge < -0.3 is 20.7 Å². The molecule has 2 spiro atoms. The molecule has 4 amide bonds. The average molecular weight is 579 g/mol. The number of rotatable bonds is 2. The van der Waals surface area contributed by atoms with Crippen LogP contribution in [0.4, 0.5) is 16.2 Å². The van der Waals surface area contributed by atoms with Crippen LogP contribution in [0.15, 0.2) is 36.4 Å². The predicted molar refractivity (Wildman–Crippen MR) is 158 cm³/mol. The number of carbonyl (C=O) groups excluding carboxylic acids is 5. The lowest BCUT2D eigenvalue weighted by atomic mass is 9.74. The maximum atomic E-state index is 13.8. The number of ether oxygens (including phenoxy) is 1. The topological polar surface area (TPSA) is 134 Å². The van der Waals surface area contributed by atoms with Crippen LogP contribution in [0.1, 0.15) is 85.0 Å². The van der Waals surface area contributed by atoms with E-state index in [1.807, 2.05) is 6.08 Å². The van der Waals surface area contributed by atoms with E-state index in [2.05, 4.69) is 16.0 Å². The summed E-state index contributed by atoms with van der Waals surface area (Å²) in [7, 11) is 0. The minimum absolute atomic E-state index is 0.0959. The summed E-state index contributed by atoms with van der Waals surface area (Å²) >= 11 is 0. The lowest BCUT2D eigenvalue weighted by Gasteiger charge is -2.31. The second-order valence-corrected chi connectivity index (χ2v) is 13.3. The SMILES string of the molecule is CC(C)(C)OC(=O)N1C[C@]2(C[C@H]1C(=O)N[C@@H]1CC=CCCCCC(=O)Nc3ccccc3NC(=O)C1=O)CC21CCC1. The molecule has 0 radical (unpaired) electrons. The van der Waals surface area contributed by atoms with Gasteiger partial charge in [0.25, 0.3) is 5.91 Å². The molecule has 2 heterocycles. The predicted octanol–water partition coefficient (Wildman–Crippen LogP) is 4.71. The molecule has 3 fully saturated rings. The third kappa shape index (κ3) is 6.22. The Balaban J connectivity index is 1.35. The van der Waals surface area contributed by atoms with E-state index in [1.165, 1.54) is 4.90 Å². The van der Waals surface area contributed by atoms with Gasteiger partial charge in [-0.15, -0.1) is 0 Å². The van der Waals surface area contributed by atoms with Gasteiger partial charge in [-0.2, -0.15) is 0 Å². The normalized spacial score (nSPS) is 27.7. The molecule has 1 saturated heterocycles. The Bertz CT molecular complexity index is 1300. The summed E-state index contributed by atoms with van der Waals surface area (Å²) in [6, 6.07) is 4.79. The van der Waals surface area contributed by atoms with Crippen LogP contribution < -0.4 is 16.0 Å². The number of fused-ring (bicyclic) bond motifs is 2. The number of para-hydroxylation sites is 2. The number of anilines is 2. The number of nitrogens with zero attached hydrogens (tertiary/aromatic N) is 1. The highest BCUT2D eigenvalue weighted by atomic mass is 16.6. The van der Waals surface area contributed by atoms with E-state index in [1.54, 1.807) is 51.1 Å². The first kappa shape index (κ1) is 29.8. The van der Waals surface area contributed by atoms with E-state index < -0.39 is 41.4 Å². The summed E-state index contributed by atoms with van der Waals surface area (Å²) < 4.78 is 5.67. The second-order valence-electron chi connectivity index (χ2n) is 13.3. The molecular weight excluding hydrogens is 536 g/mol. The number of carbonyl (C=O) groups is 5. The third-order valence-electron chi connectivity index (χ3n) is 9.22. The van der Waals surface area contributed by atoms with Crippen LogP contribution in [0.5, 0.6) is 0 Å². The van der Waals surface area contributed by atoms with Crippen molar-refractivity contribution in [2.45, 2.75) is 103 Å². The third-order valence-corrected chi connectivity index (χ3v) is 9.22. The van der Waals surface area contributed by atoms with Crippen LogP contribution in [0.25, 0.3) is 0 Å². The molecule has 2 aliphatic heterocycles. The molecule has 1 aromatic carbocycles. The van der Waals surface area contributed by atoms with Gasteiger partial charge in [0.1, 0.15) is 17.7 Å². The summed E-state index contributed by atoms with van der Waals surface area (Å²) in [5, 5.41) is 8.24. The molecule has 2 saturated carbocycles. The van der Waals surface area contributed by atoms with Gasteiger partial charge in [0.15, 0.2) is 0 Å². The van der Waals surface area contributed by atoms with Crippen LogP contribution in [0.3, 0.4) is 0 Å². The van der Waals surface area contributed by atoms with E-state index in [0.717, 1.165) is 32.1 Å². The Hall–Kier alpha value is -3.69. The molecular formula is C32H42N4O6. The fourth-order valence-electron chi connectivity index (χ4n) is 6.81. The number of nitrogens with one attached hydrogen (secondary N) is 3. The number of Topliss-reactive ketones (excluding diaryl/α,β-unsaturated/α-hetero) is 1. The van der Waals surface area contributed by atoms with E-state index in [9.17, 15) is 24.0 Å². The summed E-state index contributed by atoms with van der Waals surface area (Å²) in [6.07, 6.45) is 10.7. The Labute approximate surface area is 247 Å². The lowest BCUT2D eigenvalue weighted by Crippen LogP contribution is -2.53. The van der Waals surface area contributed by atoms with Crippen molar-refractivity contribution in [3.05, 3.63) is 36.4 Å². The van der Waals surface area contributed by atoms with Crippen molar-refractivity contribution in [1.29, 1.82) is 0 Å². The minimum atomic E-state index is -1.12. The highest BCUT2D eigenvalue weighted by Crippen LogP contribution is 2.77. The van der Waals surface area contributed by atoms with Crippen molar-refractivity contribution in [2.75, 3.05) is 17.2 Å². The standard InChI is InChI=1S/C32H42N4O6/c1-30(2,3)42-29(41)36-20-32(19-31(32)16-11-17-31)18-24(36)27(39)35-23-14-7-5-4-6-8-15-25(37)33-21-12-9-10-13-22(21)34-28(40)26(23)38/h5,7,9-10,12-13,23-24H,4,6,8,11,14-20H2,1-3H3,(H,33,37)(H,34,40)(H,35,39)/t23-,24+,32+/m1/s1. The van der Waals surface area contributed by atoms with Gasteiger partial charge >= 0.3 is 6.09 Å². The molecule has 226 valence electrons. The molecule has 3 N–H and O–H groups in total.